The molecule has 0 aromatic heterocycles. The number of methoxy groups -OCH3 is 2. The molecule has 0 aliphatic carbocycles. The Balaban J connectivity index is 2.69. The lowest BCUT2D eigenvalue weighted by molar-refractivity contribution is -0.125. The van der Waals surface area contributed by atoms with Crippen LogP contribution in [-0.2, 0) is 11.3 Å². The van der Waals surface area contributed by atoms with Crippen molar-refractivity contribution in [3.8, 4) is 11.5 Å². The first kappa shape index (κ1) is 15.3. The fourth-order valence-electron chi connectivity index (χ4n) is 1.98. The monoisotopic (exact) mass is 265 g/mol. The zero-order chi connectivity index (χ0) is 14.3. The Bertz CT molecular complexity index is 414. The molecule has 19 heavy (non-hydrogen) atoms. The van der Waals surface area contributed by atoms with Gasteiger partial charge >= 0.3 is 0 Å². The maximum absolute atomic E-state index is 11.9. The summed E-state index contributed by atoms with van der Waals surface area (Å²) in [5.41, 5.74) is 0.947. The molecule has 0 saturated carbocycles. The summed E-state index contributed by atoms with van der Waals surface area (Å²) in [5, 5.41) is 2.95. The molecular weight excluding hydrogens is 242 g/mol. The van der Waals surface area contributed by atoms with Crippen molar-refractivity contribution in [3.05, 3.63) is 23.8 Å². The van der Waals surface area contributed by atoms with Crippen LogP contribution >= 0.6 is 0 Å². The highest BCUT2D eigenvalue weighted by Gasteiger charge is 2.14. The maximum atomic E-state index is 11.9. The van der Waals surface area contributed by atoms with Crippen LogP contribution in [0.25, 0.3) is 0 Å². The first-order valence-corrected chi connectivity index (χ1v) is 6.64. The molecule has 0 radical (unpaired) electrons. The molecule has 1 aromatic carbocycles. The van der Waals surface area contributed by atoms with Crippen LogP contribution < -0.4 is 14.8 Å². The zero-order valence-corrected chi connectivity index (χ0v) is 12.2. The summed E-state index contributed by atoms with van der Waals surface area (Å²) in [5.74, 6) is 1.66. The highest BCUT2D eigenvalue weighted by Crippen LogP contribution is 2.24. The first-order valence-electron chi connectivity index (χ1n) is 6.64. The van der Waals surface area contributed by atoms with Crippen LogP contribution in [0.1, 0.15) is 32.3 Å². The van der Waals surface area contributed by atoms with Crippen molar-refractivity contribution in [2.24, 2.45) is 5.92 Å². The molecule has 0 fully saturated rings. The Kier molecular flexibility index (Phi) is 6.19. The maximum Gasteiger partial charge on any atom is 0.223 e. The van der Waals surface area contributed by atoms with Gasteiger partial charge in [-0.1, -0.05) is 13.8 Å². The lowest BCUT2D eigenvalue weighted by atomic mass is 10.0. The summed E-state index contributed by atoms with van der Waals surface area (Å²) >= 11 is 0. The number of carbonyl (C=O) groups excluding carboxylic acids is 1. The number of hydrogen-bond donors (Lipinski definition) is 1. The van der Waals surface area contributed by atoms with Gasteiger partial charge in [-0.05, 0) is 25.0 Å². The summed E-state index contributed by atoms with van der Waals surface area (Å²) < 4.78 is 10.4. The van der Waals surface area contributed by atoms with E-state index in [9.17, 15) is 4.79 Å². The topological polar surface area (TPSA) is 47.6 Å². The van der Waals surface area contributed by atoms with Gasteiger partial charge in [0.25, 0.3) is 0 Å². The largest absolute Gasteiger partial charge is 0.497 e. The number of rotatable bonds is 7. The standard InChI is InChI=1S/C15H23NO3/c1-5-11(6-2)15(17)16-10-12-7-8-13(18-3)9-14(12)19-4/h7-9,11H,5-6,10H2,1-4H3,(H,16,17). The van der Waals surface area contributed by atoms with Gasteiger partial charge in [0.2, 0.25) is 5.91 Å². The molecule has 106 valence electrons. The first-order chi connectivity index (χ1) is 9.15. The van der Waals surface area contributed by atoms with E-state index in [1.54, 1.807) is 14.2 Å². The Morgan fingerprint density at radius 2 is 1.89 bits per heavy atom. The molecule has 4 nitrogen and oxygen atoms in total. The second-order valence-corrected chi connectivity index (χ2v) is 4.41. The Morgan fingerprint density at radius 1 is 1.21 bits per heavy atom. The van der Waals surface area contributed by atoms with E-state index in [4.69, 9.17) is 9.47 Å². The lowest BCUT2D eigenvalue weighted by Gasteiger charge is -2.14. The van der Waals surface area contributed by atoms with Gasteiger partial charge in [-0.25, -0.2) is 0 Å². The number of nitrogens with one attached hydrogen (secondary N) is 1. The molecule has 0 heterocycles. The number of carbonyl (C=O) groups is 1. The molecule has 1 amide bonds. The molecule has 0 aliphatic rings. The fourth-order valence-corrected chi connectivity index (χ4v) is 1.98. The second kappa shape index (κ2) is 7.67. The van der Waals surface area contributed by atoms with Crippen molar-refractivity contribution in [2.45, 2.75) is 33.2 Å². The molecule has 0 unspecified atom stereocenters. The van der Waals surface area contributed by atoms with E-state index in [1.807, 2.05) is 32.0 Å². The average molecular weight is 265 g/mol. The summed E-state index contributed by atoms with van der Waals surface area (Å²) in [4.78, 5) is 11.9. The minimum Gasteiger partial charge on any atom is -0.497 e. The van der Waals surface area contributed by atoms with Gasteiger partial charge in [-0.2, -0.15) is 0 Å². The van der Waals surface area contributed by atoms with Gasteiger partial charge in [0.05, 0.1) is 14.2 Å². The van der Waals surface area contributed by atoms with Gasteiger partial charge in [0, 0.05) is 24.1 Å². The van der Waals surface area contributed by atoms with E-state index in [0.29, 0.717) is 6.54 Å². The van der Waals surface area contributed by atoms with E-state index < -0.39 is 0 Å². The minimum absolute atomic E-state index is 0.0873. The van der Waals surface area contributed by atoms with Crippen LogP contribution in [0.15, 0.2) is 18.2 Å². The molecule has 0 saturated heterocycles. The van der Waals surface area contributed by atoms with Crippen LogP contribution in [0.2, 0.25) is 0 Å². The van der Waals surface area contributed by atoms with Crippen LogP contribution in [0.5, 0.6) is 11.5 Å². The summed E-state index contributed by atoms with van der Waals surface area (Å²) in [6.45, 7) is 4.53. The summed E-state index contributed by atoms with van der Waals surface area (Å²) in [6, 6.07) is 5.59. The highest BCUT2D eigenvalue weighted by atomic mass is 16.5. The fraction of sp³-hybridized carbons (Fsp3) is 0.533. The third-order valence-electron chi connectivity index (χ3n) is 3.30. The third kappa shape index (κ3) is 4.16. The third-order valence-corrected chi connectivity index (χ3v) is 3.30. The van der Waals surface area contributed by atoms with E-state index >= 15 is 0 Å². The van der Waals surface area contributed by atoms with E-state index in [-0.39, 0.29) is 11.8 Å². The van der Waals surface area contributed by atoms with Gasteiger partial charge in [-0.15, -0.1) is 0 Å². The van der Waals surface area contributed by atoms with Crippen molar-refractivity contribution in [3.63, 3.8) is 0 Å². The zero-order valence-electron chi connectivity index (χ0n) is 12.2. The van der Waals surface area contributed by atoms with E-state index in [0.717, 1.165) is 29.9 Å². The lowest BCUT2D eigenvalue weighted by Crippen LogP contribution is -2.29. The van der Waals surface area contributed by atoms with Crippen molar-refractivity contribution in [2.75, 3.05) is 14.2 Å². The van der Waals surface area contributed by atoms with Gasteiger partial charge in [0.15, 0.2) is 0 Å². The Labute approximate surface area is 115 Å². The number of hydrogen-bond acceptors (Lipinski definition) is 3. The van der Waals surface area contributed by atoms with Crippen molar-refractivity contribution >= 4 is 5.91 Å². The number of amides is 1. The van der Waals surface area contributed by atoms with Crippen LogP contribution in [-0.4, -0.2) is 20.1 Å². The molecule has 1 N–H and O–H groups in total. The number of benzene rings is 1. The van der Waals surface area contributed by atoms with E-state index in [2.05, 4.69) is 5.32 Å². The van der Waals surface area contributed by atoms with Gasteiger partial charge in [0.1, 0.15) is 11.5 Å². The molecule has 0 spiro atoms. The molecule has 0 bridgehead atoms. The van der Waals surface area contributed by atoms with E-state index in [1.165, 1.54) is 0 Å². The average Bonchev–Trinajstić information content (AvgIpc) is 2.46. The molecule has 1 rings (SSSR count). The summed E-state index contributed by atoms with van der Waals surface area (Å²) in [7, 11) is 3.23. The van der Waals surface area contributed by atoms with Crippen molar-refractivity contribution in [1.29, 1.82) is 0 Å². The predicted octanol–water partition coefficient (Wildman–Crippen LogP) is 2.76. The molecule has 4 heteroatoms. The van der Waals surface area contributed by atoms with Crippen LogP contribution in [0.3, 0.4) is 0 Å². The quantitative estimate of drug-likeness (QED) is 0.824. The predicted molar refractivity (Wildman–Crippen MR) is 75.5 cm³/mol. The van der Waals surface area contributed by atoms with Crippen molar-refractivity contribution < 1.29 is 14.3 Å². The van der Waals surface area contributed by atoms with Crippen molar-refractivity contribution in [1.82, 2.24) is 5.32 Å². The normalized spacial score (nSPS) is 10.4. The highest BCUT2D eigenvalue weighted by molar-refractivity contribution is 5.78. The van der Waals surface area contributed by atoms with Gasteiger partial charge < -0.3 is 14.8 Å². The van der Waals surface area contributed by atoms with Crippen LogP contribution in [0.4, 0.5) is 0 Å². The summed E-state index contributed by atoms with van der Waals surface area (Å²) in [6.07, 6.45) is 1.73. The number of ether oxygens (including phenoxy) is 2. The smallest absolute Gasteiger partial charge is 0.223 e. The Hall–Kier alpha value is -1.71. The second-order valence-electron chi connectivity index (χ2n) is 4.41. The van der Waals surface area contributed by atoms with Gasteiger partial charge in [-0.3, -0.25) is 4.79 Å². The molecule has 0 atom stereocenters. The molecule has 1 aromatic rings. The minimum atomic E-state index is 0.0873. The SMILES string of the molecule is CCC(CC)C(=O)NCc1ccc(OC)cc1OC. The Morgan fingerprint density at radius 3 is 2.42 bits per heavy atom. The molecular formula is C15H23NO3. The van der Waals surface area contributed by atoms with Crippen LogP contribution in [0, 0.1) is 5.92 Å². The molecule has 0 aliphatic heterocycles.